The zero-order chi connectivity index (χ0) is 24.4. The molecule has 0 bridgehead atoms. The van der Waals surface area contributed by atoms with Crippen molar-refractivity contribution in [2.45, 2.75) is 46.2 Å². The number of tetrazole rings is 1. The lowest BCUT2D eigenvalue weighted by Gasteiger charge is -2.11. The number of aryl methyl sites for hydroxylation is 1. The Hall–Kier alpha value is -4.34. The van der Waals surface area contributed by atoms with E-state index in [1.54, 1.807) is 6.92 Å². The van der Waals surface area contributed by atoms with Gasteiger partial charge in [0.05, 0.1) is 0 Å². The fourth-order valence-corrected chi connectivity index (χ4v) is 4.36. The standard InChI is InChI=1S/C25H26N8O2/c1-3-5-10-20-26-23-21(24(34)32(4-2)25(35)27-23)33(20)15-16-11-13-17(14-12-16)18-8-6-7-9-19(18)22-28-30-31-29-22/h6-9,11-14H,3-5,10,15H2,1-2H3,(H,27,35)(H,28,29,30,31). The van der Waals surface area contributed by atoms with Crippen LogP contribution in [-0.4, -0.2) is 39.7 Å². The minimum atomic E-state index is -0.429. The summed E-state index contributed by atoms with van der Waals surface area (Å²) in [5.74, 6) is 1.41. The van der Waals surface area contributed by atoms with Crippen LogP contribution in [0, 0.1) is 0 Å². The molecule has 0 fully saturated rings. The minimum Gasteiger partial charge on any atom is -0.318 e. The van der Waals surface area contributed by atoms with Crippen molar-refractivity contribution in [3.63, 3.8) is 0 Å². The molecule has 3 heterocycles. The molecule has 0 saturated heterocycles. The highest BCUT2D eigenvalue weighted by Gasteiger charge is 2.18. The van der Waals surface area contributed by atoms with Gasteiger partial charge in [-0.1, -0.05) is 61.9 Å². The van der Waals surface area contributed by atoms with E-state index in [2.05, 4.69) is 49.6 Å². The summed E-state index contributed by atoms with van der Waals surface area (Å²) in [6, 6.07) is 16.1. The lowest BCUT2D eigenvalue weighted by Crippen LogP contribution is -2.35. The number of hydrogen-bond donors (Lipinski definition) is 2. The van der Waals surface area contributed by atoms with Crippen molar-refractivity contribution in [3.05, 3.63) is 80.8 Å². The number of aromatic nitrogens is 8. The van der Waals surface area contributed by atoms with Crippen molar-refractivity contribution < 1.29 is 0 Å². The van der Waals surface area contributed by atoms with Gasteiger partial charge in [-0.15, -0.1) is 5.10 Å². The van der Waals surface area contributed by atoms with E-state index in [-0.39, 0.29) is 5.56 Å². The van der Waals surface area contributed by atoms with Gasteiger partial charge in [-0.05, 0) is 40.5 Å². The molecule has 5 rings (SSSR count). The maximum Gasteiger partial charge on any atom is 0.330 e. The molecule has 0 amide bonds. The number of nitrogens with one attached hydrogen (secondary N) is 2. The Morgan fingerprint density at radius 1 is 0.943 bits per heavy atom. The van der Waals surface area contributed by atoms with Crippen molar-refractivity contribution in [3.8, 4) is 22.5 Å². The van der Waals surface area contributed by atoms with Gasteiger partial charge in [-0.3, -0.25) is 14.3 Å². The summed E-state index contributed by atoms with van der Waals surface area (Å²) in [5, 5.41) is 14.3. The molecule has 178 valence electrons. The molecule has 10 heteroatoms. The average Bonchev–Trinajstić information content (AvgIpc) is 3.52. The number of unbranched alkanes of at least 4 members (excludes halogenated alkanes) is 1. The number of H-pyrrole nitrogens is 2. The van der Waals surface area contributed by atoms with Gasteiger partial charge in [0.2, 0.25) is 0 Å². The first kappa shape index (κ1) is 22.5. The summed E-state index contributed by atoms with van der Waals surface area (Å²) < 4.78 is 3.15. The largest absolute Gasteiger partial charge is 0.330 e. The van der Waals surface area contributed by atoms with Gasteiger partial charge in [-0.25, -0.2) is 14.9 Å². The van der Waals surface area contributed by atoms with Crippen LogP contribution in [0.15, 0.2) is 58.1 Å². The van der Waals surface area contributed by atoms with Crippen LogP contribution in [0.5, 0.6) is 0 Å². The van der Waals surface area contributed by atoms with Crippen LogP contribution >= 0.6 is 0 Å². The number of fused-ring (bicyclic) bond motifs is 1. The predicted octanol–water partition coefficient (Wildman–Crippen LogP) is 3.14. The first-order chi connectivity index (χ1) is 17.1. The fourth-order valence-electron chi connectivity index (χ4n) is 4.36. The van der Waals surface area contributed by atoms with Crippen molar-refractivity contribution in [2.24, 2.45) is 0 Å². The van der Waals surface area contributed by atoms with Crippen LogP contribution in [0.2, 0.25) is 0 Å². The van der Waals surface area contributed by atoms with E-state index in [4.69, 9.17) is 0 Å². The van der Waals surface area contributed by atoms with Crippen molar-refractivity contribution in [2.75, 3.05) is 0 Å². The molecule has 0 atom stereocenters. The molecular weight excluding hydrogens is 444 g/mol. The Kier molecular flexibility index (Phi) is 6.09. The normalized spacial score (nSPS) is 11.4. The van der Waals surface area contributed by atoms with E-state index < -0.39 is 5.69 Å². The van der Waals surface area contributed by atoms with Crippen molar-refractivity contribution in [1.82, 2.24) is 39.7 Å². The topological polar surface area (TPSA) is 127 Å². The SMILES string of the molecule is CCCCc1nc2[nH]c(=O)n(CC)c(=O)c2n1Cc1ccc(-c2ccccc2-c2nnn[nH]2)cc1. The molecule has 35 heavy (non-hydrogen) atoms. The highest BCUT2D eigenvalue weighted by atomic mass is 16.2. The van der Waals surface area contributed by atoms with Crippen LogP contribution < -0.4 is 11.2 Å². The molecule has 10 nitrogen and oxygen atoms in total. The van der Waals surface area contributed by atoms with E-state index in [1.807, 2.05) is 41.0 Å². The first-order valence-electron chi connectivity index (χ1n) is 11.7. The monoisotopic (exact) mass is 470 g/mol. The van der Waals surface area contributed by atoms with Crippen LogP contribution in [0.1, 0.15) is 38.1 Å². The van der Waals surface area contributed by atoms with Gasteiger partial charge in [0.15, 0.2) is 17.0 Å². The van der Waals surface area contributed by atoms with Crippen LogP contribution in [-0.2, 0) is 19.5 Å². The lowest BCUT2D eigenvalue weighted by molar-refractivity contribution is 0.667. The first-order valence-corrected chi connectivity index (χ1v) is 11.7. The highest BCUT2D eigenvalue weighted by Crippen LogP contribution is 2.30. The number of benzene rings is 2. The lowest BCUT2D eigenvalue weighted by atomic mass is 9.98. The third-order valence-corrected chi connectivity index (χ3v) is 6.17. The molecule has 0 radical (unpaired) electrons. The number of nitrogens with zero attached hydrogens (tertiary/aromatic N) is 6. The average molecular weight is 471 g/mol. The van der Waals surface area contributed by atoms with E-state index in [0.717, 1.165) is 47.3 Å². The molecule has 0 saturated carbocycles. The molecular formula is C25H26N8O2. The van der Waals surface area contributed by atoms with E-state index in [1.165, 1.54) is 4.57 Å². The second-order valence-electron chi connectivity index (χ2n) is 8.39. The molecule has 3 aromatic heterocycles. The Bertz CT molecular complexity index is 1580. The smallest absolute Gasteiger partial charge is 0.318 e. The Balaban J connectivity index is 1.54. The minimum absolute atomic E-state index is 0.300. The fraction of sp³-hybridized carbons (Fsp3) is 0.280. The Morgan fingerprint density at radius 3 is 2.40 bits per heavy atom. The number of rotatable bonds is 8. The molecule has 0 aliphatic heterocycles. The molecule has 5 aromatic rings. The zero-order valence-electron chi connectivity index (χ0n) is 19.7. The van der Waals surface area contributed by atoms with Crippen molar-refractivity contribution >= 4 is 11.2 Å². The zero-order valence-corrected chi connectivity index (χ0v) is 19.7. The molecule has 2 N–H and O–H groups in total. The predicted molar refractivity (Wildman–Crippen MR) is 133 cm³/mol. The molecule has 0 aliphatic carbocycles. The van der Waals surface area contributed by atoms with Gasteiger partial charge >= 0.3 is 5.69 Å². The van der Waals surface area contributed by atoms with E-state index >= 15 is 0 Å². The Labute approximate surface area is 200 Å². The Morgan fingerprint density at radius 2 is 1.71 bits per heavy atom. The molecule has 2 aromatic carbocycles. The van der Waals surface area contributed by atoms with E-state index in [0.29, 0.717) is 30.1 Å². The molecule has 0 unspecified atom stereocenters. The van der Waals surface area contributed by atoms with Gasteiger partial charge in [0, 0.05) is 25.1 Å². The maximum atomic E-state index is 13.1. The van der Waals surface area contributed by atoms with Crippen LogP contribution in [0.25, 0.3) is 33.7 Å². The number of aromatic amines is 2. The van der Waals surface area contributed by atoms with Crippen molar-refractivity contribution in [1.29, 1.82) is 0 Å². The van der Waals surface area contributed by atoms with E-state index in [9.17, 15) is 9.59 Å². The quantitative estimate of drug-likeness (QED) is 0.359. The van der Waals surface area contributed by atoms with Gasteiger partial charge in [0.1, 0.15) is 5.82 Å². The summed E-state index contributed by atoms with van der Waals surface area (Å²) in [6.07, 6.45) is 2.69. The summed E-state index contributed by atoms with van der Waals surface area (Å²) in [4.78, 5) is 32.8. The summed E-state index contributed by atoms with van der Waals surface area (Å²) in [6.45, 7) is 4.68. The molecule has 0 spiro atoms. The molecule has 0 aliphatic rings. The summed E-state index contributed by atoms with van der Waals surface area (Å²) in [7, 11) is 0. The third kappa shape index (κ3) is 4.18. The number of imidazole rings is 1. The summed E-state index contributed by atoms with van der Waals surface area (Å²) in [5.41, 5.74) is 4.02. The van der Waals surface area contributed by atoms with Gasteiger partial charge < -0.3 is 4.57 Å². The second kappa shape index (κ2) is 9.49. The maximum absolute atomic E-state index is 13.1. The van der Waals surface area contributed by atoms with Crippen LogP contribution in [0.4, 0.5) is 0 Å². The second-order valence-corrected chi connectivity index (χ2v) is 8.39. The number of hydrogen-bond acceptors (Lipinski definition) is 6. The highest BCUT2D eigenvalue weighted by molar-refractivity contribution is 5.80. The third-order valence-electron chi connectivity index (χ3n) is 6.17. The van der Waals surface area contributed by atoms with Crippen LogP contribution in [0.3, 0.4) is 0 Å². The van der Waals surface area contributed by atoms with Gasteiger partial charge in [0.25, 0.3) is 5.56 Å². The van der Waals surface area contributed by atoms with Gasteiger partial charge in [-0.2, -0.15) is 0 Å². The summed E-state index contributed by atoms with van der Waals surface area (Å²) >= 11 is 0.